The van der Waals surface area contributed by atoms with E-state index in [-0.39, 0.29) is 34.9 Å². The molecule has 1 spiro atoms. The Hall–Kier alpha value is -0.450. The van der Waals surface area contributed by atoms with Gasteiger partial charge in [0.05, 0.1) is 18.3 Å². The van der Waals surface area contributed by atoms with Crippen LogP contribution >= 0.6 is 0 Å². The van der Waals surface area contributed by atoms with Gasteiger partial charge in [0.15, 0.2) is 0 Å². The number of Topliss-reactive ketones (excluding diaryl/α,β-unsaturated/α-hetero) is 1. The second kappa shape index (κ2) is 4.83. The summed E-state index contributed by atoms with van der Waals surface area (Å²) < 4.78 is 0. The van der Waals surface area contributed by atoms with E-state index in [9.17, 15) is 20.1 Å². The zero-order valence-electron chi connectivity index (χ0n) is 15.2. The fourth-order valence-corrected chi connectivity index (χ4v) is 7.70. The SMILES string of the molecule is CC1(C)C(=O)CCC2(C)C1CCC13CC(O)(CO)C(CC1O)CC23. The molecule has 0 aromatic heterocycles. The summed E-state index contributed by atoms with van der Waals surface area (Å²) in [6, 6.07) is 0. The first kappa shape index (κ1) is 17.0. The van der Waals surface area contributed by atoms with Gasteiger partial charge < -0.3 is 15.3 Å². The maximum Gasteiger partial charge on any atom is 0.138 e. The quantitative estimate of drug-likeness (QED) is 0.686. The average molecular weight is 336 g/mol. The number of hydrogen-bond acceptors (Lipinski definition) is 4. The Morgan fingerprint density at radius 2 is 1.83 bits per heavy atom. The van der Waals surface area contributed by atoms with E-state index in [1.807, 2.05) is 0 Å². The van der Waals surface area contributed by atoms with Gasteiger partial charge in [0.1, 0.15) is 5.78 Å². The van der Waals surface area contributed by atoms with Crippen molar-refractivity contribution in [3.05, 3.63) is 0 Å². The highest BCUT2D eigenvalue weighted by Gasteiger charge is 2.70. The molecule has 24 heavy (non-hydrogen) atoms. The second-order valence-corrected chi connectivity index (χ2v) is 10.2. The zero-order valence-corrected chi connectivity index (χ0v) is 15.2. The highest BCUT2D eigenvalue weighted by molar-refractivity contribution is 5.85. The lowest BCUT2D eigenvalue weighted by Crippen LogP contribution is -2.70. The smallest absolute Gasteiger partial charge is 0.138 e. The summed E-state index contributed by atoms with van der Waals surface area (Å²) in [6.07, 6.45) is 4.97. The van der Waals surface area contributed by atoms with Crippen LogP contribution in [-0.2, 0) is 4.79 Å². The second-order valence-electron chi connectivity index (χ2n) is 10.2. The van der Waals surface area contributed by atoms with Gasteiger partial charge >= 0.3 is 0 Å². The lowest BCUT2D eigenvalue weighted by Gasteiger charge is -2.70. The molecule has 0 aliphatic heterocycles. The van der Waals surface area contributed by atoms with Gasteiger partial charge in [0.25, 0.3) is 0 Å². The summed E-state index contributed by atoms with van der Waals surface area (Å²) in [5.41, 5.74) is -1.55. The molecule has 5 fully saturated rings. The van der Waals surface area contributed by atoms with Gasteiger partial charge in [0, 0.05) is 17.3 Å². The van der Waals surface area contributed by atoms with Crippen molar-refractivity contribution in [2.45, 2.75) is 77.4 Å². The van der Waals surface area contributed by atoms with Crippen molar-refractivity contribution >= 4 is 5.78 Å². The highest BCUT2D eigenvalue weighted by atomic mass is 16.3. The van der Waals surface area contributed by atoms with Crippen LogP contribution in [0.5, 0.6) is 0 Å². The minimum atomic E-state index is -1.03. The van der Waals surface area contributed by atoms with Crippen molar-refractivity contribution < 1.29 is 20.1 Å². The maximum absolute atomic E-state index is 12.5. The molecule has 0 radical (unpaired) electrons. The summed E-state index contributed by atoms with van der Waals surface area (Å²) in [6.45, 7) is 6.35. The molecule has 0 aromatic carbocycles. The normalized spacial score (nSPS) is 55.8. The van der Waals surface area contributed by atoms with Gasteiger partial charge in [-0.3, -0.25) is 4.79 Å². The molecule has 4 nitrogen and oxygen atoms in total. The lowest BCUT2D eigenvalue weighted by molar-refractivity contribution is -0.275. The van der Waals surface area contributed by atoms with Gasteiger partial charge in [-0.15, -0.1) is 0 Å². The molecule has 136 valence electrons. The van der Waals surface area contributed by atoms with Crippen molar-refractivity contribution in [1.29, 1.82) is 0 Å². The molecule has 3 N–H and O–H groups in total. The van der Waals surface area contributed by atoms with Crippen LogP contribution in [0.1, 0.15) is 65.7 Å². The molecule has 0 amide bonds. The van der Waals surface area contributed by atoms with Crippen LogP contribution in [0.15, 0.2) is 0 Å². The molecule has 0 heterocycles. The third-order valence-electron chi connectivity index (χ3n) is 9.03. The summed E-state index contributed by atoms with van der Waals surface area (Å²) in [5, 5.41) is 31.7. The lowest BCUT2D eigenvalue weighted by atomic mass is 9.35. The predicted molar refractivity (Wildman–Crippen MR) is 90.2 cm³/mol. The van der Waals surface area contributed by atoms with Gasteiger partial charge in [-0.2, -0.15) is 0 Å². The van der Waals surface area contributed by atoms with Crippen molar-refractivity contribution in [2.75, 3.05) is 6.61 Å². The van der Waals surface area contributed by atoms with E-state index in [4.69, 9.17) is 0 Å². The molecule has 0 aromatic rings. The largest absolute Gasteiger partial charge is 0.393 e. The third-order valence-corrected chi connectivity index (χ3v) is 9.03. The van der Waals surface area contributed by atoms with Crippen molar-refractivity contribution in [3.63, 3.8) is 0 Å². The number of ketones is 1. The first-order valence-corrected chi connectivity index (χ1v) is 9.65. The standard InChI is InChI=1S/C20H32O4/c1-17(2)13-4-7-19-10-20(24,11-21)12(9-16(19)23)8-14(19)18(13,3)6-5-15(17)22/h12-14,16,21,23-24H,4-11H2,1-3H3. The van der Waals surface area contributed by atoms with Crippen LogP contribution in [0, 0.1) is 34.0 Å². The number of aliphatic hydroxyl groups is 3. The van der Waals surface area contributed by atoms with E-state index in [1.54, 1.807) is 0 Å². The molecule has 5 rings (SSSR count). The number of hydrogen-bond donors (Lipinski definition) is 3. The number of rotatable bonds is 1. The minimum absolute atomic E-state index is 0.0271. The molecule has 5 saturated carbocycles. The Kier molecular flexibility index (Phi) is 3.42. The summed E-state index contributed by atoms with van der Waals surface area (Å²) in [5.74, 6) is 1.06. The summed E-state index contributed by atoms with van der Waals surface area (Å²) in [4.78, 5) is 12.5. The molecule has 2 bridgehead atoms. The van der Waals surface area contributed by atoms with Crippen LogP contribution in [0.3, 0.4) is 0 Å². The predicted octanol–water partition coefficient (Wildman–Crippen LogP) is 2.29. The van der Waals surface area contributed by atoms with Crippen LogP contribution in [0.4, 0.5) is 0 Å². The molecule has 5 aliphatic rings. The zero-order chi connectivity index (χ0) is 17.5. The maximum atomic E-state index is 12.5. The van der Waals surface area contributed by atoms with Crippen molar-refractivity contribution in [1.82, 2.24) is 0 Å². The topological polar surface area (TPSA) is 77.8 Å². The van der Waals surface area contributed by atoms with Crippen molar-refractivity contribution in [2.24, 2.45) is 34.0 Å². The number of carbonyl (C=O) groups is 1. The molecule has 7 unspecified atom stereocenters. The van der Waals surface area contributed by atoms with Crippen LogP contribution in [0.2, 0.25) is 0 Å². The van der Waals surface area contributed by atoms with Crippen molar-refractivity contribution in [3.8, 4) is 0 Å². The number of carbonyl (C=O) groups excluding carboxylic acids is 1. The number of fused-ring (bicyclic) bond motifs is 3. The number of aliphatic hydroxyl groups excluding tert-OH is 2. The van der Waals surface area contributed by atoms with Crippen LogP contribution in [0.25, 0.3) is 0 Å². The Balaban J connectivity index is 1.77. The highest BCUT2D eigenvalue weighted by Crippen LogP contribution is 2.72. The monoisotopic (exact) mass is 336 g/mol. The fourth-order valence-electron chi connectivity index (χ4n) is 7.70. The Bertz CT molecular complexity index is 572. The third kappa shape index (κ3) is 1.83. The van der Waals surface area contributed by atoms with Crippen LogP contribution in [-0.4, -0.2) is 39.4 Å². The first-order valence-electron chi connectivity index (χ1n) is 9.65. The average Bonchev–Trinajstić information content (AvgIpc) is 2.52. The van der Waals surface area contributed by atoms with E-state index in [0.717, 1.165) is 25.7 Å². The Morgan fingerprint density at radius 3 is 2.50 bits per heavy atom. The molecule has 4 heteroatoms. The summed E-state index contributed by atoms with van der Waals surface area (Å²) in [7, 11) is 0. The first-order chi connectivity index (χ1) is 11.1. The van der Waals surface area contributed by atoms with E-state index in [0.29, 0.717) is 36.9 Å². The van der Waals surface area contributed by atoms with E-state index < -0.39 is 5.60 Å². The van der Waals surface area contributed by atoms with E-state index >= 15 is 0 Å². The molecular weight excluding hydrogens is 304 g/mol. The van der Waals surface area contributed by atoms with E-state index in [2.05, 4.69) is 20.8 Å². The van der Waals surface area contributed by atoms with Gasteiger partial charge in [0.2, 0.25) is 0 Å². The molecule has 7 atom stereocenters. The molecular formula is C20H32O4. The van der Waals surface area contributed by atoms with Gasteiger partial charge in [-0.1, -0.05) is 20.8 Å². The minimum Gasteiger partial charge on any atom is -0.393 e. The molecule has 5 aliphatic carbocycles. The van der Waals surface area contributed by atoms with Gasteiger partial charge in [-0.25, -0.2) is 0 Å². The van der Waals surface area contributed by atoms with E-state index in [1.165, 1.54) is 0 Å². The Morgan fingerprint density at radius 1 is 1.12 bits per heavy atom. The van der Waals surface area contributed by atoms with Gasteiger partial charge in [-0.05, 0) is 61.7 Å². The molecule has 0 saturated heterocycles. The fraction of sp³-hybridized carbons (Fsp3) is 0.950. The van der Waals surface area contributed by atoms with Crippen LogP contribution < -0.4 is 0 Å². The Labute approximate surface area is 144 Å². The summed E-state index contributed by atoms with van der Waals surface area (Å²) >= 11 is 0.